The Morgan fingerprint density at radius 1 is 0.833 bits per heavy atom. The fourth-order valence-corrected chi connectivity index (χ4v) is 2.97. The third-order valence-electron chi connectivity index (χ3n) is 4.54. The summed E-state index contributed by atoms with van der Waals surface area (Å²) >= 11 is 0. The molecule has 0 radical (unpaired) electrons. The Labute approximate surface area is 175 Å². The summed E-state index contributed by atoms with van der Waals surface area (Å²) in [6.07, 6.45) is 3.95. The average molecular weight is 410 g/mol. The minimum absolute atomic E-state index is 0.320. The van der Waals surface area contributed by atoms with Gasteiger partial charge >= 0.3 is 11.6 Å². The standard InChI is InChI=1S/C24H26O6/c1-2-27-24(26)19-8-11-20(12-9-19)28-15-5-3-4-6-16-29-21-13-7-18-10-14-23(25)30-22(18)17-21/h7-14,17H,2-6,15-16H2,1H3. The van der Waals surface area contributed by atoms with E-state index < -0.39 is 0 Å². The van der Waals surface area contributed by atoms with E-state index in [9.17, 15) is 9.59 Å². The second-order valence-corrected chi connectivity index (χ2v) is 6.81. The lowest BCUT2D eigenvalue weighted by Crippen LogP contribution is -2.04. The van der Waals surface area contributed by atoms with Gasteiger partial charge in [-0.3, -0.25) is 0 Å². The van der Waals surface area contributed by atoms with E-state index in [4.69, 9.17) is 18.6 Å². The van der Waals surface area contributed by atoms with Gasteiger partial charge < -0.3 is 18.6 Å². The van der Waals surface area contributed by atoms with Crippen molar-refractivity contribution in [2.75, 3.05) is 19.8 Å². The molecule has 0 unspecified atom stereocenters. The molecule has 3 rings (SSSR count). The molecule has 0 saturated carbocycles. The molecule has 1 heterocycles. The number of carbonyl (C=O) groups excluding carboxylic acids is 1. The van der Waals surface area contributed by atoms with Gasteiger partial charge in [0.1, 0.15) is 17.1 Å². The Bertz CT molecular complexity index is 1010. The van der Waals surface area contributed by atoms with Crippen molar-refractivity contribution in [2.45, 2.75) is 32.6 Å². The summed E-state index contributed by atoms with van der Waals surface area (Å²) in [4.78, 5) is 22.9. The minimum Gasteiger partial charge on any atom is -0.494 e. The first-order chi connectivity index (χ1) is 14.7. The molecule has 1 aromatic heterocycles. The molecule has 0 aliphatic rings. The smallest absolute Gasteiger partial charge is 0.338 e. The predicted molar refractivity (Wildman–Crippen MR) is 114 cm³/mol. The molecule has 158 valence electrons. The van der Waals surface area contributed by atoms with E-state index in [-0.39, 0.29) is 11.6 Å². The Kier molecular flexibility index (Phi) is 7.89. The van der Waals surface area contributed by atoms with Gasteiger partial charge in [0.15, 0.2) is 0 Å². The van der Waals surface area contributed by atoms with E-state index in [2.05, 4.69) is 0 Å². The highest BCUT2D eigenvalue weighted by Gasteiger charge is 2.06. The Morgan fingerprint density at radius 2 is 1.47 bits per heavy atom. The molecule has 6 heteroatoms. The summed E-state index contributed by atoms with van der Waals surface area (Å²) in [5.74, 6) is 1.13. The first-order valence-corrected chi connectivity index (χ1v) is 10.2. The number of benzene rings is 2. The number of hydrogen-bond donors (Lipinski definition) is 0. The molecule has 0 fully saturated rings. The van der Waals surface area contributed by atoms with Crippen LogP contribution >= 0.6 is 0 Å². The maximum atomic E-state index is 11.6. The van der Waals surface area contributed by atoms with Gasteiger partial charge in [0, 0.05) is 17.5 Å². The molecule has 0 N–H and O–H groups in total. The van der Waals surface area contributed by atoms with Crippen molar-refractivity contribution in [1.82, 2.24) is 0 Å². The van der Waals surface area contributed by atoms with Crippen LogP contribution in [0.2, 0.25) is 0 Å². The molecule has 0 bridgehead atoms. The highest BCUT2D eigenvalue weighted by Crippen LogP contribution is 2.20. The third-order valence-corrected chi connectivity index (χ3v) is 4.54. The summed E-state index contributed by atoms with van der Waals surface area (Å²) in [6.45, 7) is 3.38. The van der Waals surface area contributed by atoms with E-state index in [1.165, 1.54) is 6.07 Å². The van der Waals surface area contributed by atoms with E-state index in [1.807, 2.05) is 12.1 Å². The van der Waals surface area contributed by atoms with Gasteiger partial charge in [-0.1, -0.05) is 0 Å². The van der Waals surface area contributed by atoms with Crippen molar-refractivity contribution >= 4 is 16.9 Å². The van der Waals surface area contributed by atoms with Crippen LogP contribution in [0.3, 0.4) is 0 Å². The van der Waals surface area contributed by atoms with Gasteiger partial charge in [-0.05, 0) is 75.1 Å². The number of esters is 1. The van der Waals surface area contributed by atoms with Gasteiger partial charge in [0.25, 0.3) is 0 Å². The van der Waals surface area contributed by atoms with Crippen LogP contribution < -0.4 is 15.1 Å². The van der Waals surface area contributed by atoms with E-state index in [0.717, 1.165) is 36.8 Å². The highest BCUT2D eigenvalue weighted by atomic mass is 16.5. The topological polar surface area (TPSA) is 75.0 Å². The molecule has 30 heavy (non-hydrogen) atoms. The Balaban J connectivity index is 1.29. The molecule has 0 amide bonds. The van der Waals surface area contributed by atoms with E-state index >= 15 is 0 Å². The second-order valence-electron chi connectivity index (χ2n) is 6.81. The first kappa shape index (κ1) is 21.4. The number of hydrogen-bond acceptors (Lipinski definition) is 6. The van der Waals surface area contributed by atoms with Crippen molar-refractivity contribution in [3.8, 4) is 11.5 Å². The van der Waals surface area contributed by atoms with Crippen LogP contribution in [0.1, 0.15) is 43.0 Å². The number of rotatable bonds is 11. The van der Waals surface area contributed by atoms with Crippen LogP contribution in [0.15, 0.2) is 63.8 Å². The first-order valence-electron chi connectivity index (χ1n) is 10.2. The molecule has 0 spiro atoms. The number of fused-ring (bicyclic) bond motifs is 1. The lowest BCUT2D eigenvalue weighted by Gasteiger charge is -2.08. The summed E-state index contributed by atoms with van der Waals surface area (Å²) in [5.41, 5.74) is 0.696. The molecule has 0 aliphatic carbocycles. The fraction of sp³-hybridized carbons (Fsp3) is 0.333. The zero-order valence-corrected chi connectivity index (χ0v) is 17.1. The van der Waals surface area contributed by atoms with Crippen molar-refractivity contribution in [3.63, 3.8) is 0 Å². The fourth-order valence-electron chi connectivity index (χ4n) is 2.97. The average Bonchev–Trinajstić information content (AvgIpc) is 2.76. The monoisotopic (exact) mass is 410 g/mol. The van der Waals surface area contributed by atoms with Crippen molar-refractivity contribution < 1.29 is 23.4 Å². The van der Waals surface area contributed by atoms with Crippen LogP contribution in [0.4, 0.5) is 0 Å². The zero-order chi connectivity index (χ0) is 21.2. The third kappa shape index (κ3) is 6.37. The quantitative estimate of drug-likeness (QED) is 0.252. The van der Waals surface area contributed by atoms with Crippen LogP contribution in [0.5, 0.6) is 11.5 Å². The predicted octanol–water partition coefficient (Wildman–Crippen LogP) is 4.99. The summed E-state index contributed by atoms with van der Waals surface area (Å²) in [7, 11) is 0. The minimum atomic E-state index is -0.364. The molecule has 0 aliphatic heterocycles. The number of ether oxygens (including phenoxy) is 3. The van der Waals surface area contributed by atoms with Gasteiger partial charge in [-0.15, -0.1) is 0 Å². The normalized spacial score (nSPS) is 10.7. The molecule has 2 aromatic carbocycles. The molecule has 0 saturated heterocycles. The summed E-state index contributed by atoms with van der Waals surface area (Å²) < 4.78 is 21.6. The van der Waals surface area contributed by atoms with Gasteiger partial charge in [0.2, 0.25) is 0 Å². The lowest BCUT2D eigenvalue weighted by molar-refractivity contribution is 0.0526. The molecular weight excluding hydrogens is 384 g/mol. The number of unbranched alkanes of at least 4 members (excludes halogenated alkanes) is 3. The number of carbonyl (C=O) groups is 1. The zero-order valence-electron chi connectivity index (χ0n) is 17.1. The van der Waals surface area contributed by atoms with Gasteiger partial charge in [-0.2, -0.15) is 0 Å². The molecular formula is C24H26O6. The molecule has 3 aromatic rings. The van der Waals surface area contributed by atoms with Gasteiger partial charge in [-0.25, -0.2) is 9.59 Å². The maximum Gasteiger partial charge on any atom is 0.338 e. The summed E-state index contributed by atoms with van der Waals surface area (Å²) in [6, 6.07) is 15.6. The highest BCUT2D eigenvalue weighted by molar-refractivity contribution is 5.89. The molecule has 0 atom stereocenters. The second kappa shape index (κ2) is 11.0. The Hall–Kier alpha value is -3.28. The van der Waals surface area contributed by atoms with Crippen LogP contribution in [-0.2, 0) is 4.74 Å². The molecule has 6 nitrogen and oxygen atoms in total. The maximum absolute atomic E-state index is 11.6. The van der Waals surface area contributed by atoms with Crippen molar-refractivity contribution in [3.05, 3.63) is 70.6 Å². The SMILES string of the molecule is CCOC(=O)c1ccc(OCCCCCCOc2ccc3ccc(=O)oc3c2)cc1. The lowest BCUT2D eigenvalue weighted by atomic mass is 10.2. The van der Waals surface area contributed by atoms with Crippen LogP contribution in [0.25, 0.3) is 11.0 Å². The van der Waals surface area contributed by atoms with E-state index in [1.54, 1.807) is 43.3 Å². The van der Waals surface area contributed by atoms with E-state index in [0.29, 0.717) is 36.7 Å². The largest absolute Gasteiger partial charge is 0.494 e. The van der Waals surface area contributed by atoms with Crippen molar-refractivity contribution in [2.24, 2.45) is 0 Å². The van der Waals surface area contributed by atoms with Gasteiger partial charge in [0.05, 0.1) is 25.4 Å². The summed E-state index contributed by atoms with van der Waals surface area (Å²) in [5, 5.41) is 0.873. The Morgan fingerprint density at radius 3 is 2.17 bits per heavy atom. The van der Waals surface area contributed by atoms with Crippen molar-refractivity contribution in [1.29, 1.82) is 0 Å². The van der Waals surface area contributed by atoms with Crippen LogP contribution in [-0.4, -0.2) is 25.8 Å². The van der Waals surface area contributed by atoms with Crippen LogP contribution in [0, 0.1) is 0 Å².